The number of aromatic nitrogens is 4. The van der Waals surface area contributed by atoms with Crippen LogP contribution in [0, 0.1) is 0 Å². The van der Waals surface area contributed by atoms with Crippen molar-refractivity contribution in [3.63, 3.8) is 0 Å². The summed E-state index contributed by atoms with van der Waals surface area (Å²) in [6, 6.07) is 44.3. The van der Waals surface area contributed by atoms with Gasteiger partial charge in [0.25, 0.3) is 0 Å². The van der Waals surface area contributed by atoms with Gasteiger partial charge in [0.05, 0.1) is 27.8 Å². The highest BCUT2D eigenvalue weighted by atomic mass is 16.5. The lowest BCUT2D eigenvalue weighted by atomic mass is 10.1. The standard InChI is InChI=1S/C40H31N5O/c1-26(2)27-20-21-41-39(22-27)45-36-16-7-3-12-31(36)32-19-18-30(24-38(32)45)46-29-11-9-10-28(23-29)43-25-44-37-17-8-5-14-34(37)42-40(44)33-13-4-6-15-35(33)43/h3-24,26H,25H2,1-2H3. The van der Waals surface area contributed by atoms with Gasteiger partial charge in [0.2, 0.25) is 0 Å². The number of fused-ring (bicyclic) bond motifs is 8. The van der Waals surface area contributed by atoms with E-state index in [2.05, 4.69) is 143 Å². The van der Waals surface area contributed by atoms with Crippen molar-refractivity contribution in [1.29, 1.82) is 0 Å². The van der Waals surface area contributed by atoms with Gasteiger partial charge < -0.3 is 14.2 Å². The molecule has 6 heteroatoms. The normalized spacial score (nSPS) is 12.6. The first-order valence-corrected chi connectivity index (χ1v) is 15.7. The van der Waals surface area contributed by atoms with Crippen LogP contribution >= 0.6 is 0 Å². The Kier molecular flexibility index (Phi) is 5.96. The van der Waals surface area contributed by atoms with Crippen LogP contribution in [0.2, 0.25) is 0 Å². The molecule has 0 N–H and O–H groups in total. The number of hydrogen-bond donors (Lipinski definition) is 0. The summed E-state index contributed by atoms with van der Waals surface area (Å²) in [5.41, 5.74) is 8.88. The average molecular weight is 598 g/mol. The molecule has 0 unspecified atom stereocenters. The summed E-state index contributed by atoms with van der Waals surface area (Å²) in [6.45, 7) is 5.08. The van der Waals surface area contributed by atoms with Gasteiger partial charge in [-0.05, 0) is 78.2 Å². The lowest BCUT2D eigenvalue weighted by Gasteiger charge is -2.32. The third kappa shape index (κ3) is 4.18. The molecule has 0 amide bonds. The van der Waals surface area contributed by atoms with Gasteiger partial charge in [-0.2, -0.15) is 0 Å². The first-order valence-electron chi connectivity index (χ1n) is 15.7. The van der Waals surface area contributed by atoms with E-state index in [-0.39, 0.29) is 0 Å². The Morgan fingerprint density at radius 3 is 2.37 bits per heavy atom. The molecule has 0 aliphatic carbocycles. The Morgan fingerprint density at radius 1 is 0.674 bits per heavy atom. The number of nitrogens with zero attached hydrogens (tertiary/aromatic N) is 5. The highest BCUT2D eigenvalue weighted by Crippen LogP contribution is 2.42. The first-order chi connectivity index (χ1) is 22.6. The van der Waals surface area contributed by atoms with Crippen LogP contribution in [0.1, 0.15) is 25.3 Å². The second-order valence-electron chi connectivity index (χ2n) is 12.2. The number of imidazole rings is 1. The molecule has 0 saturated carbocycles. The fraction of sp³-hybridized carbons (Fsp3) is 0.100. The van der Waals surface area contributed by atoms with Crippen molar-refractivity contribution < 1.29 is 4.74 Å². The van der Waals surface area contributed by atoms with Crippen molar-refractivity contribution in [3.8, 4) is 28.7 Å². The van der Waals surface area contributed by atoms with Crippen LogP contribution in [0.15, 0.2) is 134 Å². The zero-order chi connectivity index (χ0) is 30.8. The van der Waals surface area contributed by atoms with Gasteiger partial charge in [0, 0.05) is 40.4 Å². The predicted molar refractivity (Wildman–Crippen MR) is 186 cm³/mol. The van der Waals surface area contributed by atoms with Crippen LogP contribution in [-0.2, 0) is 6.67 Å². The van der Waals surface area contributed by atoms with Crippen LogP contribution in [0.5, 0.6) is 11.5 Å². The van der Waals surface area contributed by atoms with Gasteiger partial charge in [-0.1, -0.05) is 62.4 Å². The van der Waals surface area contributed by atoms with Crippen LogP contribution in [-0.4, -0.2) is 19.1 Å². The molecule has 4 heterocycles. The van der Waals surface area contributed by atoms with Crippen LogP contribution in [0.4, 0.5) is 11.4 Å². The van der Waals surface area contributed by atoms with Gasteiger partial charge >= 0.3 is 0 Å². The molecular formula is C40H31N5O. The molecule has 8 aromatic rings. The van der Waals surface area contributed by atoms with E-state index in [4.69, 9.17) is 14.7 Å². The van der Waals surface area contributed by atoms with Crippen molar-refractivity contribution in [2.75, 3.05) is 4.90 Å². The number of benzene rings is 5. The lowest BCUT2D eigenvalue weighted by Crippen LogP contribution is -2.26. The average Bonchev–Trinajstić information content (AvgIpc) is 3.64. The summed E-state index contributed by atoms with van der Waals surface area (Å²) in [6.07, 6.45) is 1.91. The molecule has 1 aliphatic rings. The molecule has 1 aliphatic heterocycles. The van der Waals surface area contributed by atoms with Crippen molar-refractivity contribution in [2.45, 2.75) is 26.4 Å². The minimum absolute atomic E-state index is 0.409. The quantitative estimate of drug-likeness (QED) is 0.198. The maximum absolute atomic E-state index is 6.60. The van der Waals surface area contributed by atoms with Crippen LogP contribution < -0.4 is 9.64 Å². The zero-order valence-electron chi connectivity index (χ0n) is 25.6. The van der Waals surface area contributed by atoms with Gasteiger partial charge in [-0.3, -0.25) is 4.57 Å². The van der Waals surface area contributed by atoms with Gasteiger partial charge in [0.15, 0.2) is 0 Å². The fourth-order valence-electron chi connectivity index (χ4n) is 6.79. The van der Waals surface area contributed by atoms with Crippen molar-refractivity contribution in [2.24, 2.45) is 0 Å². The first kappa shape index (κ1) is 26.5. The number of para-hydroxylation sites is 4. The summed E-state index contributed by atoms with van der Waals surface area (Å²) in [5.74, 6) is 3.87. The van der Waals surface area contributed by atoms with Crippen LogP contribution in [0.3, 0.4) is 0 Å². The molecule has 222 valence electrons. The number of ether oxygens (including phenoxy) is 1. The predicted octanol–water partition coefficient (Wildman–Crippen LogP) is 10.2. The van der Waals surface area contributed by atoms with E-state index in [0.717, 1.165) is 62.1 Å². The Morgan fingerprint density at radius 2 is 1.46 bits per heavy atom. The minimum atomic E-state index is 0.409. The van der Waals surface area contributed by atoms with Crippen molar-refractivity contribution >= 4 is 44.2 Å². The second kappa shape index (κ2) is 10.3. The van der Waals surface area contributed by atoms with E-state index in [0.29, 0.717) is 12.6 Å². The third-order valence-corrected chi connectivity index (χ3v) is 9.05. The fourth-order valence-corrected chi connectivity index (χ4v) is 6.79. The van der Waals surface area contributed by atoms with Crippen molar-refractivity contribution in [3.05, 3.63) is 139 Å². The van der Waals surface area contributed by atoms with Crippen molar-refractivity contribution in [1.82, 2.24) is 19.1 Å². The van der Waals surface area contributed by atoms with E-state index in [1.165, 1.54) is 16.3 Å². The highest BCUT2D eigenvalue weighted by molar-refractivity contribution is 6.09. The molecule has 46 heavy (non-hydrogen) atoms. The number of anilines is 2. The topological polar surface area (TPSA) is 48.1 Å². The maximum Gasteiger partial charge on any atom is 0.144 e. The Bertz CT molecular complexity index is 2440. The molecule has 0 radical (unpaired) electrons. The molecule has 9 rings (SSSR count). The Balaban J connectivity index is 1.11. The molecule has 6 nitrogen and oxygen atoms in total. The Hall–Kier alpha value is -5.88. The maximum atomic E-state index is 6.60. The second-order valence-corrected chi connectivity index (χ2v) is 12.2. The van der Waals surface area contributed by atoms with Gasteiger partial charge in [-0.15, -0.1) is 0 Å². The Labute approximate surface area is 266 Å². The van der Waals surface area contributed by atoms with E-state index in [1.807, 2.05) is 18.3 Å². The zero-order valence-corrected chi connectivity index (χ0v) is 25.6. The van der Waals surface area contributed by atoms with Gasteiger partial charge in [0.1, 0.15) is 29.8 Å². The van der Waals surface area contributed by atoms with Gasteiger partial charge in [-0.25, -0.2) is 9.97 Å². The van der Waals surface area contributed by atoms with E-state index in [9.17, 15) is 0 Å². The highest BCUT2D eigenvalue weighted by Gasteiger charge is 2.26. The summed E-state index contributed by atoms with van der Waals surface area (Å²) < 4.78 is 11.1. The molecule has 0 bridgehead atoms. The molecule has 0 fully saturated rings. The third-order valence-electron chi connectivity index (χ3n) is 9.05. The molecule has 0 spiro atoms. The summed E-state index contributed by atoms with van der Waals surface area (Å²) >= 11 is 0. The monoisotopic (exact) mass is 597 g/mol. The summed E-state index contributed by atoms with van der Waals surface area (Å²) in [5, 5.41) is 2.36. The smallest absolute Gasteiger partial charge is 0.144 e. The number of hydrogen-bond acceptors (Lipinski definition) is 4. The number of pyridine rings is 1. The molecule has 5 aromatic carbocycles. The summed E-state index contributed by atoms with van der Waals surface area (Å²) in [4.78, 5) is 12.1. The van der Waals surface area contributed by atoms with E-state index < -0.39 is 0 Å². The molecule has 0 saturated heterocycles. The molecular weight excluding hydrogens is 566 g/mol. The van der Waals surface area contributed by atoms with E-state index in [1.54, 1.807) is 0 Å². The summed E-state index contributed by atoms with van der Waals surface area (Å²) in [7, 11) is 0. The largest absolute Gasteiger partial charge is 0.457 e. The molecule has 0 atom stereocenters. The minimum Gasteiger partial charge on any atom is -0.457 e. The number of rotatable bonds is 5. The van der Waals surface area contributed by atoms with E-state index >= 15 is 0 Å². The SMILES string of the molecule is CC(C)c1ccnc(-n2c3ccccc3c3ccc(Oc4cccc(N5Cn6c(nc7ccccc76)-c6ccccc65)c4)cc32)c1. The lowest BCUT2D eigenvalue weighted by molar-refractivity contribution is 0.483. The van der Waals surface area contributed by atoms with Crippen LogP contribution in [0.25, 0.3) is 50.0 Å². The molecule has 3 aromatic heterocycles.